The maximum Gasteiger partial charge on any atom is 0.207 e. The van der Waals surface area contributed by atoms with E-state index in [1.165, 1.54) is 10.9 Å². The molecule has 7 heteroatoms. The summed E-state index contributed by atoms with van der Waals surface area (Å²) in [5.41, 5.74) is 5.68. The number of aromatic nitrogens is 4. The minimum atomic E-state index is -0.357. The number of nitrogens with two attached hydrogens (primary N) is 1. The molecular formula is C9H11ClFN5. The molecule has 0 radical (unpaired) electrons. The Morgan fingerprint density at radius 1 is 1.31 bits per heavy atom. The van der Waals surface area contributed by atoms with Crippen LogP contribution >= 0.6 is 12.4 Å². The molecule has 1 heterocycles. The third kappa shape index (κ3) is 2.53. The van der Waals surface area contributed by atoms with Crippen LogP contribution in [-0.4, -0.2) is 26.8 Å². The van der Waals surface area contributed by atoms with Crippen molar-refractivity contribution in [3.63, 3.8) is 0 Å². The lowest BCUT2D eigenvalue weighted by Crippen LogP contribution is -2.12. The first-order chi connectivity index (χ1) is 7.31. The van der Waals surface area contributed by atoms with Gasteiger partial charge in [-0.25, -0.2) is 4.39 Å². The van der Waals surface area contributed by atoms with E-state index in [4.69, 9.17) is 5.73 Å². The van der Waals surface area contributed by atoms with Crippen molar-refractivity contribution < 1.29 is 4.39 Å². The lowest BCUT2D eigenvalue weighted by Gasteiger charge is -1.95. The first-order valence-electron chi connectivity index (χ1n) is 4.54. The molecule has 2 aromatic rings. The molecule has 5 nitrogen and oxygen atoms in total. The molecule has 0 saturated carbocycles. The van der Waals surface area contributed by atoms with Gasteiger partial charge in [0.2, 0.25) is 5.82 Å². The van der Waals surface area contributed by atoms with Gasteiger partial charge in [-0.3, -0.25) is 0 Å². The molecule has 2 rings (SSSR count). The number of halogens is 2. The Morgan fingerprint density at radius 3 is 2.75 bits per heavy atom. The molecule has 0 atom stereocenters. The maximum absolute atomic E-state index is 13.3. The summed E-state index contributed by atoms with van der Waals surface area (Å²) in [7, 11) is 0. The van der Waals surface area contributed by atoms with E-state index in [1.54, 1.807) is 18.2 Å². The van der Waals surface area contributed by atoms with Gasteiger partial charge in [-0.05, 0) is 17.3 Å². The minimum absolute atomic E-state index is 0. The van der Waals surface area contributed by atoms with Crippen LogP contribution in [0, 0.1) is 5.82 Å². The van der Waals surface area contributed by atoms with E-state index in [1.807, 2.05) is 0 Å². The van der Waals surface area contributed by atoms with Crippen LogP contribution in [0.15, 0.2) is 24.3 Å². The van der Waals surface area contributed by atoms with Gasteiger partial charge in [0, 0.05) is 6.54 Å². The second kappa shape index (κ2) is 5.53. The van der Waals surface area contributed by atoms with Gasteiger partial charge in [-0.15, -0.1) is 22.6 Å². The third-order valence-electron chi connectivity index (χ3n) is 1.90. The summed E-state index contributed by atoms with van der Waals surface area (Å²) >= 11 is 0. The maximum atomic E-state index is 13.3. The largest absolute Gasteiger partial charge is 0.329 e. The van der Waals surface area contributed by atoms with Crippen LogP contribution in [0.25, 0.3) is 11.4 Å². The predicted octanol–water partition coefficient (Wildman–Crippen LogP) is 0.860. The van der Waals surface area contributed by atoms with Crippen molar-refractivity contribution >= 4 is 12.4 Å². The van der Waals surface area contributed by atoms with Crippen molar-refractivity contribution in [1.29, 1.82) is 0 Å². The standard InChI is InChI=1S/C9H10FN5.ClH/c10-8-4-2-1-3-7(8)9-12-14-15(13-9)6-5-11;/h1-4H,5-6,11H2;1H. The Hall–Kier alpha value is -1.53. The predicted molar refractivity (Wildman–Crippen MR) is 59.5 cm³/mol. The fourth-order valence-corrected chi connectivity index (χ4v) is 1.20. The van der Waals surface area contributed by atoms with Crippen LogP contribution in [0.1, 0.15) is 0 Å². The van der Waals surface area contributed by atoms with Gasteiger partial charge >= 0.3 is 0 Å². The molecule has 0 fully saturated rings. The topological polar surface area (TPSA) is 69.6 Å². The lowest BCUT2D eigenvalue weighted by atomic mass is 10.2. The Bertz CT molecular complexity index is 459. The minimum Gasteiger partial charge on any atom is -0.329 e. The van der Waals surface area contributed by atoms with Gasteiger partial charge in [-0.1, -0.05) is 12.1 Å². The highest BCUT2D eigenvalue weighted by molar-refractivity contribution is 5.85. The average Bonchev–Trinajstić information content (AvgIpc) is 2.68. The van der Waals surface area contributed by atoms with Crippen molar-refractivity contribution in [3.8, 4) is 11.4 Å². The smallest absolute Gasteiger partial charge is 0.207 e. The summed E-state index contributed by atoms with van der Waals surface area (Å²) in [6.45, 7) is 0.897. The third-order valence-corrected chi connectivity index (χ3v) is 1.90. The van der Waals surface area contributed by atoms with E-state index in [0.717, 1.165) is 0 Å². The Kier molecular flexibility index (Phi) is 4.33. The highest BCUT2D eigenvalue weighted by atomic mass is 35.5. The van der Waals surface area contributed by atoms with E-state index >= 15 is 0 Å². The van der Waals surface area contributed by atoms with Gasteiger partial charge in [0.1, 0.15) is 5.82 Å². The Balaban J connectivity index is 0.00000128. The zero-order valence-electron chi connectivity index (χ0n) is 8.38. The average molecular weight is 244 g/mol. The van der Waals surface area contributed by atoms with Gasteiger partial charge in [0.25, 0.3) is 0 Å². The summed E-state index contributed by atoms with van der Waals surface area (Å²) in [4.78, 5) is 1.35. The van der Waals surface area contributed by atoms with Crippen LogP contribution in [0.3, 0.4) is 0 Å². The van der Waals surface area contributed by atoms with Crippen LogP contribution in [-0.2, 0) is 6.54 Å². The van der Waals surface area contributed by atoms with Gasteiger partial charge in [0.05, 0.1) is 12.1 Å². The van der Waals surface area contributed by atoms with Crippen molar-refractivity contribution in [2.45, 2.75) is 6.54 Å². The summed E-state index contributed by atoms with van der Waals surface area (Å²) in [6, 6.07) is 6.31. The zero-order valence-corrected chi connectivity index (χ0v) is 9.19. The van der Waals surface area contributed by atoms with E-state index in [2.05, 4.69) is 15.4 Å². The number of tetrazole rings is 1. The summed E-state index contributed by atoms with van der Waals surface area (Å²) in [6.07, 6.45) is 0. The molecule has 0 saturated heterocycles. The fraction of sp³-hybridized carbons (Fsp3) is 0.222. The van der Waals surface area contributed by atoms with Gasteiger partial charge < -0.3 is 5.73 Å². The van der Waals surface area contributed by atoms with Crippen molar-refractivity contribution in [2.75, 3.05) is 6.54 Å². The van der Waals surface area contributed by atoms with E-state index < -0.39 is 0 Å². The molecular weight excluding hydrogens is 233 g/mol. The molecule has 0 spiro atoms. The quantitative estimate of drug-likeness (QED) is 0.868. The van der Waals surface area contributed by atoms with Crippen LogP contribution < -0.4 is 5.73 Å². The molecule has 0 aliphatic rings. The van der Waals surface area contributed by atoms with Gasteiger partial charge in [0.15, 0.2) is 0 Å². The number of benzene rings is 1. The zero-order chi connectivity index (χ0) is 10.7. The number of rotatable bonds is 3. The first kappa shape index (κ1) is 12.5. The second-order valence-electron chi connectivity index (χ2n) is 2.98. The monoisotopic (exact) mass is 243 g/mol. The summed E-state index contributed by atoms with van der Waals surface area (Å²) < 4.78 is 13.3. The highest BCUT2D eigenvalue weighted by Gasteiger charge is 2.09. The molecule has 0 unspecified atom stereocenters. The molecule has 0 aliphatic carbocycles. The molecule has 1 aromatic heterocycles. The number of hydrogen-bond donors (Lipinski definition) is 1. The van der Waals surface area contributed by atoms with Gasteiger partial charge in [-0.2, -0.15) is 4.80 Å². The van der Waals surface area contributed by atoms with E-state index in [-0.39, 0.29) is 24.0 Å². The van der Waals surface area contributed by atoms with Crippen LogP contribution in [0.5, 0.6) is 0 Å². The number of hydrogen-bond acceptors (Lipinski definition) is 4. The Labute approximate surface area is 97.9 Å². The molecule has 86 valence electrons. The van der Waals surface area contributed by atoms with Crippen molar-refractivity contribution in [2.24, 2.45) is 5.73 Å². The van der Waals surface area contributed by atoms with E-state index in [0.29, 0.717) is 18.7 Å². The molecule has 16 heavy (non-hydrogen) atoms. The summed E-state index contributed by atoms with van der Waals surface area (Å²) in [5, 5.41) is 11.5. The van der Waals surface area contributed by atoms with Crippen LogP contribution in [0.2, 0.25) is 0 Å². The molecule has 0 bridgehead atoms. The van der Waals surface area contributed by atoms with Crippen molar-refractivity contribution in [3.05, 3.63) is 30.1 Å². The van der Waals surface area contributed by atoms with Crippen molar-refractivity contribution in [1.82, 2.24) is 20.2 Å². The SMILES string of the molecule is Cl.NCCn1nnc(-c2ccccc2F)n1. The molecule has 0 aliphatic heterocycles. The first-order valence-corrected chi connectivity index (χ1v) is 4.54. The molecule has 1 aromatic carbocycles. The molecule has 2 N–H and O–H groups in total. The number of nitrogens with zero attached hydrogens (tertiary/aromatic N) is 4. The lowest BCUT2D eigenvalue weighted by molar-refractivity contribution is 0.531. The van der Waals surface area contributed by atoms with Crippen LogP contribution in [0.4, 0.5) is 4.39 Å². The molecule has 0 amide bonds. The fourth-order valence-electron chi connectivity index (χ4n) is 1.20. The summed E-state index contributed by atoms with van der Waals surface area (Å²) in [5.74, 6) is -0.0775. The van der Waals surface area contributed by atoms with E-state index in [9.17, 15) is 4.39 Å². The Morgan fingerprint density at radius 2 is 2.06 bits per heavy atom. The normalized spacial score (nSPS) is 9.88. The second-order valence-corrected chi connectivity index (χ2v) is 2.98. The highest BCUT2D eigenvalue weighted by Crippen LogP contribution is 2.16.